The van der Waals surface area contributed by atoms with Crippen molar-refractivity contribution in [2.45, 2.75) is 25.8 Å². The lowest BCUT2D eigenvalue weighted by Gasteiger charge is -2.10. The molecule has 0 fully saturated rings. The largest absolute Gasteiger partial charge is 0.355 e. The molecular weight excluding hydrogens is 247 g/mol. The number of nitrogens with zero attached hydrogens (tertiary/aromatic N) is 2. The molecule has 0 aliphatic rings. The molecule has 1 aromatic carbocycles. The van der Waals surface area contributed by atoms with Gasteiger partial charge in [-0.3, -0.25) is 4.79 Å². The predicted octanol–water partition coefficient (Wildman–Crippen LogP) is 1.51. The van der Waals surface area contributed by atoms with Crippen LogP contribution in [0.3, 0.4) is 0 Å². The monoisotopic (exact) mass is 266 g/mol. The Balaban J connectivity index is 0.00000154. The average Bonchev–Trinajstić information content (AvgIpc) is 2.46. The van der Waals surface area contributed by atoms with Crippen LogP contribution in [0.15, 0.2) is 24.3 Å². The van der Waals surface area contributed by atoms with Crippen LogP contribution in [0.2, 0.25) is 0 Å². The second-order valence-electron chi connectivity index (χ2n) is 4.03. The third-order valence-electron chi connectivity index (χ3n) is 2.68. The molecule has 0 spiro atoms. The summed E-state index contributed by atoms with van der Waals surface area (Å²) in [5, 5.41) is 17.7. The van der Waals surface area contributed by atoms with Crippen LogP contribution < -0.4 is 10.6 Å². The van der Waals surface area contributed by atoms with Crippen LogP contribution in [0.5, 0.6) is 0 Å². The number of halogens is 1. The fraction of sp³-hybridized carbons (Fsp3) is 0.462. The first-order valence-corrected chi connectivity index (χ1v) is 6.03. The summed E-state index contributed by atoms with van der Waals surface area (Å²) in [6.07, 6.45) is 1.70. The molecule has 2 N–H and O–H groups in total. The van der Waals surface area contributed by atoms with Gasteiger partial charge < -0.3 is 10.6 Å². The molecule has 1 amide bonds. The Labute approximate surface area is 112 Å². The molecule has 104 valence electrons. The molecule has 19 heavy (non-hydrogen) atoms. The standard InChI is InChI=1S/C13H19FN2O.N2/c1-10(15-2)13(17)16-9-3-4-11-5-7-12(14)8-6-11;1-2/h5-8,10,15H,3-4,9H2,1-2H3,(H,16,17);/t10-;/m1./s1. The van der Waals surface area contributed by atoms with Gasteiger partial charge >= 0.3 is 0 Å². The summed E-state index contributed by atoms with van der Waals surface area (Å²) in [5.41, 5.74) is 1.09. The quantitative estimate of drug-likeness (QED) is 0.603. The van der Waals surface area contributed by atoms with Crippen molar-refractivity contribution in [3.8, 4) is 0 Å². The molecule has 6 heteroatoms. The van der Waals surface area contributed by atoms with Crippen molar-refractivity contribution in [2.75, 3.05) is 13.6 Å². The lowest BCUT2D eigenvalue weighted by atomic mass is 10.1. The van der Waals surface area contributed by atoms with Gasteiger partial charge in [-0.1, -0.05) is 12.1 Å². The first-order chi connectivity index (χ1) is 9.13. The Morgan fingerprint density at radius 1 is 1.32 bits per heavy atom. The lowest BCUT2D eigenvalue weighted by molar-refractivity contribution is -0.122. The minimum absolute atomic E-state index is 0.00612. The zero-order chi connectivity index (χ0) is 14.7. The Kier molecular flexibility index (Phi) is 8.92. The second-order valence-corrected chi connectivity index (χ2v) is 4.03. The molecule has 0 aliphatic carbocycles. The topological polar surface area (TPSA) is 88.7 Å². The van der Waals surface area contributed by atoms with Gasteiger partial charge in [0.1, 0.15) is 5.82 Å². The highest BCUT2D eigenvalue weighted by molar-refractivity contribution is 5.81. The summed E-state index contributed by atoms with van der Waals surface area (Å²) in [7, 11) is 1.75. The van der Waals surface area contributed by atoms with Crippen molar-refractivity contribution in [2.24, 2.45) is 0 Å². The maximum absolute atomic E-state index is 12.6. The van der Waals surface area contributed by atoms with Gasteiger partial charge in [0, 0.05) is 17.3 Å². The van der Waals surface area contributed by atoms with E-state index in [1.54, 1.807) is 19.2 Å². The van der Waals surface area contributed by atoms with E-state index in [0.29, 0.717) is 6.54 Å². The highest BCUT2D eigenvalue weighted by atomic mass is 19.1. The van der Waals surface area contributed by atoms with E-state index < -0.39 is 0 Å². The van der Waals surface area contributed by atoms with Gasteiger partial charge in [0.2, 0.25) is 5.91 Å². The third kappa shape index (κ3) is 7.11. The van der Waals surface area contributed by atoms with E-state index in [1.807, 2.05) is 6.92 Å². The first-order valence-electron chi connectivity index (χ1n) is 6.03. The highest BCUT2D eigenvalue weighted by Crippen LogP contribution is 2.04. The molecule has 0 heterocycles. The van der Waals surface area contributed by atoms with Gasteiger partial charge in [-0.2, -0.15) is 0 Å². The van der Waals surface area contributed by atoms with Gasteiger partial charge in [-0.25, -0.2) is 4.39 Å². The zero-order valence-electron chi connectivity index (χ0n) is 11.2. The maximum atomic E-state index is 12.6. The van der Waals surface area contributed by atoms with Gasteiger partial charge in [-0.05, 0) is 44.5 Å². The number of carbonyl (C=O) groups is 1. The van der Waals surface area contributed by atoms with E-state index >= 15 is 0 Å². The molecule has 0 bridgehead atoms. The van der Waals surface area contributed by atoms with Crippen molar-refractivity contribution in [3.63, 3.8) is 0 Å². The van der Waals surface area contributed by atoms with Crippen LogP contribution in [-0.2, 0) is 11.2 Å². The molecule has 5 nitrogen and oxygen atoms in total. The number of amides is 1. The van der Waals surface area contributed by atoms with E-state index in [9.17, 15) is 9.18 Å². The summed E-state index contributed by atoms with van der Waals surface area (Å²) in [6, 6.07) is 6.29. The number of carbonyl (C=O) groups excluding carboxylic acids is 1. The molecule has 1 rings (SSSR count). The van der Waals surface area contributed by atoms with Crippen LogP contribution in [0.25, 0.3) is 0 Å². The summed E-state index contributed by atoms with van der Waals surface area (Å²) in [5.74, 6) is -0.212. The fourth-order valence-electron chi connectivity index (χ4n) is 1.44. The zero-order valence-corrected chi connectivity index (χ0v) is 11.2. The summed E-state index contributed by atoms with van der Waals surface area (Å²) in [4.78, 5) is 11.4. The van der Waals surface area contributed by atoms with Crippen LogP contribution in [0.4, 0.5) is 4.39 Å². The van der Waals surface area contributed by atoms with E-state index in [1.165, 1.54) is 12.1 Å². The third-order valence-corrected chi connectivity index (χ3v) is 2.68. The van der Waals surface area contributed by atoms with Gasteiger partial charge in [-0.15, -0.1) is 0 Å². The normalized spacial score (nSPS) is 11.0. The Bertz CT molecular complexity index is 391. The van der Waals surface area contributed by atoms with Gasteiger partial charge in [0.25, 0.3) is 0 Å². The predicted molar refractivity (Wildman–Crippen MR) is 69.7 cm³/mol. The van der Waals surface area contributed by atoms with Gasteiger partial charge in [0.15, 0.2) is 0 Å². The van der Waals surface area contributed by atoms with Crippen molar-refractivity contribution in [1.29, 1.82) is 10.8 Å². The van der Waals surface area contributed by atoms with Crippen LogP contribution in [0, 0.1) is 16.6 Å². The number of benzene rings is 1. The lowest BCUT2D eigenvalue weighted by Crippen LogP contribution is -2.40. The molecule has 0 unspecified atom stereocenters. The molecule has 0 aromatic heterocycles. The Morgan fingerprint density at radius 3 is 2.42 bits per heavy atom. The van der Waals surface area contributed by atoms with E-state index in [4.69, 9.17) is 10.8 Å². The van der Waals surface area contributed by atoms with Crippen molar-refractivity contribution in [3.05, 3.63) is 35.6 Å². The summed E-state index contributed by atoms with van der Waals surface area (Å²) >= 11 is 0. The number of aryl methyl sites for hydroxylation is 1. The Hall–Kier alpha value is -2.00. The van der Waals surface area contributed by atoms with Crippen LogP contribution in [0.1, 0.15) is 18.9 Å². The van der Waals surface area contributed by atoms with Crippen molar-refractivity contribution < 1.29 is 9.18 Å². The molecule has 0 saturated carbocycles. The fourth-order valence-corrected chi connectivity index (χ4v) is 1.44. The highest BCUT2D eigenvalue weighted by Gasteiger charge is 2.08. The van der Waals surface area contributed by atoms with E-state index in [-0.39, 0.29) is 17.8 Å². The number of hydrogen-bond donors (Lipinski definition) is 2. The number of nitrogens with one attached hydrogen (secondary N) is 2. The van der Waals surface area contributed by atoms with Crippen LogP contribution >= 0.6 is 0 Å². The average molecular weight is 266 g/mol. The molecular formula is C13H19FN4O. The van der Waals surface area contributed by atoms with E-state index in [2.05, 4.69) is 10.6 Å². The minimum atomic E-state index is -0.218. The SMILES string of the molecule is CN[C@H](C)C(=O)NCCCc1ccc(F)cc1.N#N. The number of rotatable bonds is 6. The second kappa shape index (κ2) is 9.97. The van der Waals surface area contributed by atoms with Gasteiger partial charge in [0.05, 0.1) is 6.04 Å². The summed E-state index contributed by atoms with van der Waals surface area (Å²) in [6.45, 7) is 2.46. The smallest absolute Gasteiger partial charge is 0.236 e. The molecule has 1 atom stereocenters. The van der Waals surface area contributed by atoms with Crippen molar-refractivity contribution in [1.82, 2.24) is 10.6 Å². The molecule has 0 saturated heterocycles. The van der Waals surface area contributed by atoms with Crippen molar-refractivity contribution >= 4 is 5.91 Å². The number of hydrogen-bond acceptors (Lipinski definition) is 4. The Morgan fingerprint density at radius 2 is 1.89 bits per heavy atom. The summed E-state index contributed by atoms with van der Waals surface area (Å²) < 4.78 is 12.6. The van der Waals surface area contributed by atoms with E-state index in [0.717, 1.165) is 18.4 Å². The molecule has 1 aromatic rings. The molecule has 0 aliphatic heterocycles. The first kappa shape index (κ1) is 17.0. The number of likely N-dealkylation sites (N-methyl/N-ethyl adjacent to an activating group) is 1. The van der Waals surface area contributed by atoms with Crippen LogP contribution in [-0.4, -0.2) is 25.5 Å². The molecule has 0 radical (unpaired) electrons. The maximum Gasteiger partial charge on any atom is 0.236 e. The minimum Gasteiger partial charge on any atom is -0.355 e.